The molecule has 63 heavy (non-hydrogen) atoms. The Kier molecular flexibility index (Phi) is 13.9. The Bertz CT molecular complexity index is 3170. The molecule has 8 rings (SSSR count). The van der Waals surface area contributed by atoms with Gasteiger partial charge in [0.1, 0.15) is 19.7 Å². The van der Waals surface area contributed by atoms with Gasteiger partial charge in [-0.1, -0.05) is 36.4 Å². The fourth-order valence-corrected chi connectivity index (χ4v) is 7.16. The highest BCUT2D eigenvalue weighted by Crippen LogP contribution is 2.28. The fourth-order valence-electron chi connectivity index (χ4n) is 6.25. The minimum absolute atomic E-state index is 0.0597. The summed E-state index contributed by atoms with van der Waals surface area (Å²) in [6.45, 7) is 0.281. The van der Waals surface area contributed by atoms with Crippen LogP contribution in [-0.2, 0) is 19.7 Å². The number of benzene rings is 4. The van der Waals surface area contributed by atoms with Gasteiger partial charge in [0.15, 0.2) is 0 Å². The third-order valence-corrected chi connectivity index (χ3v) is 11.2. The molecule has 0 bridgehead atoms. The molecule has 0 saturated heterocycles. The van der Waals surface area contributed by atoms with E-state index in [1.165, 1.54) is 6.26 Å². The number of nitrogens with two attached hydrogens (primary N) is 3. The molecular formula is C44H44N10O7S2. The lowest BCUT2D eigenvalue weighted by molar-refractivity contribution is 0.0696. The molecule has 0 fully saturated rings. The number of pyridine rings is 2. The molecule has 4 heterocycles. The number of carboxylic acids is 1. The van der Waals surface area contributed by atoms with E-state index in [9.17, 15) is 31.5 Å². The number of carboxylic acid groups (broad SMARTS) is 1. The van der Waals surface area contributed by atoms with Crippen LogP contribution in [0.5, 0.6) is 0 Å². The summed E-state index contributed by atoms with van der Waals surface area (Å²) in [5.41, 5.74) is 25.3. The van der Waals surface area contributed by atoms with Crippen molar-refractivity contribution in [3.8, 4) is 33.6 Å². The quantitative estimate of drug-likeness (QED) is 0.117. The van der Waals surface area contributed by atoms with Gasteiger partial charge in [-0.05, 0) is 71.8 Å². The van der Waals surface area contributed by atoms with E-state index in [-0.39, 0.29) is 36.1 Å². The zero-order valence-electron chi connectivity index (χ0n) is 34.2. The molecule has 19 heteroatoms. The second kappa shape index (κ2) is 19.5. The monoisotopic (exact) mass is 888 g/mol. The van der Waals surface area contributed by atoms with Gasteiger partial charge in [0.2, 0.25) is 0 Å². The molecule has 0 aliphatic carbocycles. The molecule has 4 aromatic carbocycles. The van der Waals surface area contributed by atoms with E-state index < -0.39 is 25.6 Å². The number of sulfone groups is 2. The average molecular weight is 889 g/mol. The Morgan fingerprint density at radius 1 is 0.603 bits per heavy atom. The average Bonchev–Trinajstić information content (AvgIpc) is 3.87. The van der Waals surface area contributed by atoms with Crippen LogP contribution in [0.1, 0.15) is 20.7 Å². The van der Waals surface area contributed by atoms with Crippen molar-refractivity contribution in [1.29, 1.82) is 0 Å². The second-order valence-corrected chi connectivity index (χ2v) is 18.9. The van der Waals surface area contributed by atoms with Crippen LogP contribution in [-0.4, -0.2) is 100 Å². The minimum Gasteiger partial charge on any atom is -0.478 e. The lowest BCUT2D eigenvalue weighted by Crippen LogP contribution is -2.28. The SMILES string of the molecule is CS(=O)(=O)CCN.CS(=O)(=O)CCNC(=O)c1cccc(-n2ncc3ccc(-c4cncc(N)c4)cc32)c1.Nc1cncc(-c2ccc3cnn(-c4cccc(C(=O)O)c4)c3c2)c1. The van der Waals surface area contributed by atoms with Gasteiger partial charge in [0.05, 0.1) is 63.2 Å². The van der Waals surface area contributed by atoms with Crippen molar-refractivity contribution < 1.29 is 31.5 Å². The van der Waals surface area contributed by atoms with E-state index in [4.69, 9.17) is 17.2 Å². The third kappa shape index (κ3) is 12.1. The summed E-state index contributed by atoms with van der Waals surface area (Å²) < 4.78 is 46.3. The maximum absolute atomic E-state index is 12.4. The summed E-state index contributed by atoms with van der Waals surface area (Å²) >= 11 is 0. The molecule has 0 aliphatic rings. The maximum Gasteiger partial charge on any atom is 0.335 e. The van der Waals surface area contributed by atoms with Gasteiger partial charge in [-0.2, -0.15) is 10.2 Å². The first-order valence-electron chi connectivity index (χ1n) is 19.1. The Labute approximate surface area is 363 Å². The van der Waals surface area contributed by atoms with E-state index in [2.05, 4.69) is 25.5 Å². The Balaban J connectivity index is 0.000000185. The molecule has 8 aromatic rings. The second-order valence-electron chi connectivity index (χ2n) is 14.4. The third-order valence-electron chi connectivity index (χ3n) is 9.26. The first-order valence-corrected chi connectivity index (χ1v) is 23.3. The molecule has 8 N–H and O–H groups in total. The number of nitrogen functional groups attached to an aromatic ring is 2. The number of carbonyl (C=O) groups excluding carboxylic acids is 1. The number of rotatable bonds is 11. The summed E-state index contributed by atoms with van der Waals surface area (Å²) in [5.74, 6) is -1.32. The maximum atomic E-state index is 12.4. The van der Waals surface area contributed by atoms with Gasteiger partial charge < -0.3 is 27.6 Å². The first kappa shape index (κ1) is 45.1. The number of nitrogens with zero attached hydrogens (tertiary/aromatic N) is 6. The lowest BCUT2D eigenvalue weighted by atomic mass is 10.1. The number of aromatic carboxylic acids is 1. The number of anilines is 2. The van der Waals surface area contributed by atoms with Crippen LogP contribution < -0.4 is 22.5 Å². The number of hydrogen-bond acceptors (Lipinski definition) is 13. The molecule has 0 saturated carbocycles. The van der Waals surface area contributed by atoms with Gasteiger partial charge in [0.25, 0.3) is 5.91 Å². The van der Waals surface area contributed by atoms with E-state index >= 15 is 0 Å². The van der Waals surface area contributed by atoms with Gasteiger partial charge >= 0.3 is 5.97 Å². The van der Waals surface area contributed by atoms with Gasteiger partial charge in [-0.25, -0.2) is 31.0 Å². The van der Waals surface area contributed by atoms with Gasteiger partial charge in [-0.3, -0.25) is 14.8 Å². The first-order chi connectivity index (χ1) is 30.0. The predicted octanol–water partition coefficient (Wildman–Crippen LogP) is 4.80. The predicted molar refractivity (Wildman–Crippen MR) is 245 cm³/mol. The van der Waals surface area contributed by atoms with Crippen molar-refractivity contribution in [3.63, 3.8) is 0 Å². The van der Waals surface area contributed by atoms with Crippen molar-refractivity contribution in [2.75, 3.05) is 48.6 Å². The molecule has 1 amide bonds. The van der Waals surface area contributed by atoms with Crippen molar-refractivity contribution in [3.05, 3.63) is 145 Å². The fraction of sp³-hybridized carbons (Fsp3) is 0.136. The summed E-state index contributed by atoms with van der Waals surface area (Å²) in [6.07, 6.45) is 12.5. The summed E-state index contributed by atoms with van der Waals surface area (Å²) in [5, 5.41) is 22.6. The summed E-state index contributed by atoms with van der Waals surface area (Å²) in [4.78, 5) is 31.9. The number of aromatic nitrogens is 6. The highest BCUT2D eigenvalue weighted by molar-refractivity contribution is 7.90. The zero-order valence-corrected chi connectivity index (χ0v) is 35.8. The van der Waals surface area contributed by atoms with Crippen LogP contribution in [0, 0.1) is 0 Å². The number of nitrogens with one attached hydrogen (secondary N) is 1. The number of carbonyl (C=O) groups is 2. The molecule has 0 atom stereocenters. The standard InChI is InChI=1S/C22H21N5O3S.C19H14N4O2.C3H9NO2S/c1-31(29,30)8-7-25-22(28)16-3-2-4-20(10-16)27-21-11-15(5-6-17(21)13-26-27)18-9-19(23)14-24-12-18;20-16-6-15(9-21-11-16)12-4-5-14-10-22-23(18(14)8-12)17-3-1-2-13(7-17)19(24)25;1-7(5,6)3-2-4/h2-6,9-14H,7-8,23H2,1H3,(H,25,28);1-11H,20H2,(H,24,25);2-4H2,1H3. The lowest BCUT2D eigenvalue weighted by Gasteiger charge is -2.09. The van der Waals surface area contributed by atoms with Gasteiger partial charge in [-0.15, -0.1) is 0 Å². The van der Waals surface area contributed by atoms with Crippen LogP contribution >= 0.6 is 0 Å². The van der Waals surface area contributed by atoms with Crippen LogP contribution in [0.25, 0.3) is 55.4 Å². The summed E-state index contributed by atoms with van der Waals surface area (Å²) in [6, 6.07) is 29.3. The van der Waals surface area contributed by atoms with E-state index in [0.29, 0.717) is 28.3 Å². The molecule has 0 spiro atoms. The van der Waals surface area contributed by atoms with Crippen molar-refractivity contribution >= 4 is 64.7 Å². The van der Waals surface area contributed by atoms with Crippen molar-refractivity contribution in [2.45, 2.75) is 0 Å². The topological polar surface area (TPSA) is 274 Å². The highest BCUT2D eigenvalue weighted by atomic mass is 32.2. The van der Waals surface area contributed by atoms with Crippen LogP contribution in [0.3, 0.4) is 0 Å². The zero-order chi connectivity index (χ0) is 45.3. The van der Waals surface area contributed by atoms with E-state index in [0.717, 1.165) is 50.3 Å². The van der Waals surface area contributed by atoms with Crippen LogP contribution in [0.2, 0.25) is 0 Å². The molecule has 0 radical (unpaired) electrons. The highest BCUT2D eigenvalue weighted by Gasteiger charge is 2.13. The number of amides is 1. The molecule has 0 unspecified atom stereocenters. The number of fused-ring (bicyclic) bond motifs is 2. The van der Waals surface area contributed by atoms with Crippen molar-refractivity contribution in [2.24, 2.45) is 5.73 Å². The van der Waals surface area contributed by atoms with E-state index in [1.54, 1.807) is 82.9 Å². The molecule has 4 aromatic heterocycles. The molecule has 324 valence electrons. The Morgan fingerprint density at radius 3 is 1.51 bits per heavy atom. The molecule has 17 nitrogen and oxygen atoms in total. The number of hydrogen-bond donors (Lipinski definition) is 5. The van der Waals surface area contributed by atoms with Gasteiger partial charge in [0, 0.05) is 77.9 Å². The normalized spacial score (nSPS) is 11.3. The molecular weight excluding hydrogens is 845 g/mol. The van der Waals surface area contributed by atoms with Crippen molar-refractivity contribution in [1.82, 2.24) is 34.8 Å². The smallest absolute Gasteiger partial charge is 0.335 e. The summed E-state index contributed by atoms with van der Waals surface area (Å²) in [7, 11) is -5.94. The molecule has 0 aliphatic heterocycles. The van der Waals surface area contributed by atoms with E-state index in [1.807, 2.05) is 60.7 Å². The largest absolute Gasteiger partial charge is 0.478 e. The van der Waals surface area contributed by atoms with Crippen LogP contribution in [0.15, 0.2) is 134 Å². The Morgan fingerprint density at radius 2 is 1.08 bits per heavy atom. The minimum atomic E-state index is -3.14. The Hall–Kier alpha value is -7.48. The van der Waals surface area contributed by atoms with Crippen LogP contribution in [0.4, 0.5) is 11.4 Å².